The van der Waals surface area contributed by atoms with E-state index in [1.165, 1.54) is 5.56 Å². The third kappa shape index (κ3) is 10.4. The molecule has 0 amide bonds. The van der Waals surface area contributed by atoms with Crippen molar-refractivity contribution in [2.24, 2.45) is 4.99 Å². The van der Waals surface area contributed by atoms with Crippen LogP contribution in [0.4, 0.5) is 0 Å². The fourth-order valence-corrected chi connectivity index (χ4v) is 1.81. The van der Waals surface area contributed by atoms with Crippen molar-refractivity contribution in [1.29, 1.82) is 0 Å². The number of hydrogen-bond donors (Lipinski definition) is 2. The van der Waals surface area contributed by atoms with E-state index >= 15 is 0 Å². The molecule has 6 heteroatoms. The highest BCUT2D eigenvalue weighted by atomic mass is 127. The normalized spacial score (nSPS) is 11.9. The summed E-state index contributed by atoms with van der Waals surface area (Å²) in [5.41, 5.74) is 1.15. The summed E-state index contributed by atoms with van der Waals surface area (Å²) in [6, 6.07) is 8.15. The largest absolute Gasteiger partial charge is 0.492 e. The van der Waals surface area contributed by atoms with E-state index in [9.17, 15) is 0 Å². The zero-order valence-corrected chi connectivity index (χ0v) is 17.5. The second-order valence-electron chi connectivity index (χ2n) is 6.60. The molecule has 0 aliphatic heterocycles. The average molecular weight is 434 g/mol. The lowest BCUT2D eigenvalue weighted by atomic mass is 10.1. The number of aliphatic imine (C=N–C) groups is 1. The molecule has 0 unspecified atom stereocenters. The molecule has 0 spiro atoms. The Morgan fingerprint density at radius 3 is 2.52 bits per heavy atom. The first-order valence-corrected chi connectivity index (χ1v) is 7.65. The Bertz CT molecular complexity index is 484. The van der Waals surface area contributed by atoms with Gasteiger partial charge in [0, 0.05) is 25.7 Å². The van der Waals surface area contributed by atoms with Gasteiger partial charge >= 0.3 is 0 Å². The summed E-state index contributed by atoms with van der Waals surface area (Å²) < 4.78 is 5.76. The number of ether oxygens (including phenoxy) is 1. The smallest absolute Gasteiger partial charge is 0.191 e. The van der Waals surface area contributed by atoms with Gasteiger partial charge in [-0.25, -0.2) is 0 Å². The van der Waals surface area contributed by atoms with E-state index in [-0.39, 0.29) is 29.5 Å². The lowest BCUT2D eigenvalue weighted by Gasteiger charge is -2.23. The summed E-state index contributed by atoms with van der Waals surface area (Å²) >= 11 is 0. The van der Waals surface area contributed by atoms with E-state index in [0.29, 0.717) is 13.2 Å². The molecule has 0 saturated heterocycles. The molecular formula is C17H31IN4O. The summed E-state index contributed by atoms with van der Waals surface area (Å²) in [7, 11) is 5.86. The number of hydrogen-bond acceptors (Lipinski definition) is 3. The van der Waals surface area contributed by atoms with Crippen LogP contribution in [0.3, 0.4) is 0 Å². The molecule has 0 saturated carbocycles. The molecule has 0 bridgehead atoms. The van der Waals surface area contributed by atoms with Crippen LogP contribution in [-0.2, 0) is 6.54 Å². The predicted molar refractivity (Wildman–Crippen MR) is 109 cm³/mol. The second-order valence-corrected chi connectivity index (χ2v) is 6.60. The number of guanidine groups is 1. The van der Waals surface area contributed by atoms with Gasteiger partial charge in [0.05, 0.1) is 0 Å². The highest BCUT2D eigenvalue weighted by molar-refractivity contribution is 14.0. The van der Waals surface area contributed by atoms with Crippen LogP contribution in [0.2, 0.25) is 0 Å². The molecule has 2 N–H and O–H groups in total. The van der Waals surface area contributed by atoms with Crippen LogP contribution in [0, 0.1) is 0 Å². The van der Waals surface area contributed by atoms with Crippen LogP contribution in [0.25, 0.3) is 0 Å². The molecule has 0 fully saturated rings. The van der Waals surface area contributed by atoms with Crippen molar-refractivity contribution in [2.75, 3.05) is 34.3 Å². The van der Waals surface area contributed by atoms with E-state index in [0.717, 1.165) is 18.3 Å². The van der Waals surface area contributed by atoms with E-state index in [2.05, 4.69) is 53.4 Å². The maximum absolute atomic E-state index is 5.76. The maximum atomic E-state index is 5.76. The minimum absolute atomic E-state index is 0. The van der Waals surface area contributed by atoms with Crippen LogP contribution in [0.1, 0.15) is 26.3 Å². The fourth-order valence-electron chi connectivity index (χ4n) is 1.81. The number of likely N-dealkylation sites (N-methyl/N-ethyl adjacent to an activating group) is 1. The van der Waals surface area contributed by atoms with Gasteiger partial charge in [-0.1, -0.05) is 12.1 Å². The van der Waals surface area contributed by atoms with Gasteiger partial charge in [0.2, 0.25) is 0 Å². The quantitative estimate of drug-likeness (QED) is 0.411. The predicted octanol–water partition coefficient (Wildman–Crippen LogP) is 2.71. The van der Waals surface area contributed by atoms with Crippen molar-refractivity contribution in [3.63, 3.8) is 0 Å². The van der Waals surface area contributed by atoms with Crippen LogP contribution < -0.4 is 15.4 Å². The molecule has 0 aliphatic rings. The van der Waals surface area contributed by atoms with Gasteiger partial charge in [-0.3, -0.25) is 4.99 Å². The molecule has 1 rings (SSSR count). The van der Waals surface area contributed by atoms with Crippen LogP contribution in [0.5, 0.6) is 5.75 Å². The minimum Gasteiger partial charge on any atom is -0.492 e. The second kappa shape index (κ2) is 10.7. The molecule has 0 heterocycles. The van der Waals surface area contributed by atoms with Gasteiger partial charge in [0.25, 0.3) is 0 Å². The molecule has 0 aromatic heterocycles. The number of rotatable bonds is 6. The molecule has 0 radical (unpaired) electrons. The van der Waals surface area contributed by atoms with Crippen LogP contribution in [-0.4, -0.2) is 50.7 Å². The van der Waals surface area contributed by atoms with E-state index in [1.54, 1.807) is 7.05 Å². The fraction of sp³-hybridized carbons (Fsp3) is 0.588. The third-order valence-corrected chi connectivity index (χ3v) is 2.88. The van der Waals surface area contributed by atoms with Crippen LogP contribution in [0.15, 0.2) is 29.3 Å². The Kier molecular flexibility index (Phi) is 10.2. The van der Waals surface area contributed by atoms with Crippen molar-refractivity contribution in [3.05, 3.63) is 29.8 Å². The maximum Gasteiger partial charge on any atom is 0.191 e. The Morgan fingerprint density at radius 2 is 1.96 bits per heavy atom. The Morgan fingerprint density at radius 1 is 1.26 bits per heavy atom. The molecule has 0 aliphatic carbocycles. The molecule has 1 aromatic rings. The van der Waals surface area contributed by atoms with Gasteiger partial charge in [-0.15, -0.1) is 24.0 Å². The zero-order chi connectivity index (χ0) is 16.6. The summed E-state index contributed by atoms with van der Waals surface area (Å²) in [5, 5.41) is 6.66. The van der Waals surface area contributed by atoms with Crippen LogP contribution >= 0.6 is 24.0 Å². The minimum atomic E-state index is -0.0149. The lowest BCUT2D eigenvalue weighted by molar-refractivity contribution is 0.261. The number of nitrogens with one attached hydrogen (secondary N) is 2. The number of benzene rings is 1. The highest BCUT2D eigenvalue weighted by Crippen LogP contribution is 2.13. The van der Waals surface area contributed by atoms with Gasteiger partial charge < -0.3 is 20.3 Å². The molecule has 1 aromatic carbocycles. The topological polar surface area (TPSA) is 48.9 Å². The van der Waals surface area contributed by atoms with Crippen molar-refractivity contribution < 1.29 is 4.74 Å². The molecule has 5 nitrogen and oxygen atoms in total. The summed E-state index contributed by atoms with van der Waals surface area (Å²) in [6.07, 6.45) is 0. The number of halogens is 1. The monoisotopic (exact) mass is 434 g/mol. The SMILES string of the molecule is CN=C(NCc1cccc(OCCN(C)C)c1)NC(C)(C)C.I. The van der Waals surface area contributed by atoms with Gasteiger partial charge in [0.1, 0.15) is 12.4 Å². The Labute approximate surface area is 157 Å². The highest BCUT2D eigenvalue weighted by Gasteiger charge is 2.11. The standard InChI is InChI=1S/C17H30N4O.HI/c1-17(2,3)20-16(18-4)19-13-14-8-7-9-15(12-14)22-11-10-21(5)6;/h7-9,12H,10-11,13H2,1-6H3,(H2,18,19,20);1H. The van der Waals surface area contributed by atoms with Crippen molar-refractivity contribution >= 4 is 29.9 Å². The van der Waals surface area contributed by atoms with Gasteiger partial charge in [-0.2, -0.15) is 0 Å². The Balaban J connectivity index is 0.00000484. The molecule has 0 atom stereocenters. The number of nitrogens with zero attached hydrogens (tertiary/aromatic N) is 2. The molecular weight excluding hydrogens is 403 g/mol. The summed E-state index contributed by atoms with van der Waals surface area (Å²) in [5.74, 6) is 1.70. The molecule has 23 heavy (non-hydrogen) atoms. The van der Waals surface area contributed by atoms with E-state index in [4.69, 9.17) is 4.74 Å². The summed E-state index contributed by atoms with van der Waals surface area (Å²) in [6.45, 7) is 8.64. The van der Waals surface area contributed by atoms with E-state index < -0.39 is 0 Å². The molecule has 132 valence electrons. The first kappa shape index (κ1) is 22.0. The first-order valence-electron chi connectivity index (χ1n) is 7.65. The average Bonchev–Trinajstić information content (AvgIpc) is 2.42. The summed E-state index contributed by atoms with van der Waals surface area (Å²) in [4.78, 5) is 6.34. The first-order chi connectivity index (χ1) is 10.3. The third-order valence-electron chi connectivity index (χ3n) is 2.88. The van der Waals surface area contributed by atoms with Gasteiger partial charge in [-0.05, 0) is 52.6 Å². The lowest BCUT2D eigenvalue weighted by Crippen LogP contribution is -2.47. The van der Waals surface area contributed by atoms with Crippen molar-refractivity contribution in [2.45, 2.75) is 32.9 Å². The zero-order valence-electron chi connectivity index (χ0n) is 15.1. The van der Waals surface area contributed by atoms with E-state index in [1.807, 2.05) is 26.2 Å². The van der Waals surface area contributed by atoms with Gasteiger partial charge in [0.15, 0.2) is 5.96 Å². The Hall–Kier alpha value is -1.02. The van der Waals surface area contributed by atoms with Crippen molar-refractivity contribution in [1.82, 2.24) is 15.5 Å². The van der Waals surface area contributed by atoms with Crippen molar-refractivity contribution in [3.8, 4) is 5.75 Å².